The lowest BCUT2D eigenvalue weighted by atomic mass is 9.94. The first-order chi connectivity index (χ1) is 21.0. The van der Waals surface area contributed by atoms with Crippen molar-refractivity contribution in [1.29, 1.82) is 0 Å². The fourth-order valence-corrected chi connectivity index (χ4v) is 4.60. The molecule has 4 N–H and O–H groups in total. The second kappa shape index (κ2) is 13.6. The summed E-state index contributed by atoms with van der Waals surface area (Å²) in [7, 11) is 0. The summed E-state index contributed by atoms with van der Waals surface area (Å²) in [5.41, 5.74) is 3.76. The molecule has 0 aromatic carbocycles. The highest BCUT2D eigenvalue weighted by molar-refractivity contribution is 6.63. The van der Waals surface area contributed by atoms with Crippen molar-refractivity contribution in [2.45, 2.75) is 97.6 Å². The van der Waals surface area contributed by atoms with Gasteiger partial charge < -0.3 is 18.9 Å². The van der Waals surface area contributed by atoms with Crippen LogP contribution in [0.3, 0.4) is 0 Å². The number of nitrogens with one attached hydrogen (secondary N) is 4. The Hall–Kier alpha value is -4.90. The molecule has 4 heterocycles. The number of hydrogen-bond donors (Lipinski definition) is 4. The van der Waals surface area contributed by atoms with E-state index in [4.69, 9.17) is 18.9 Å². The normalized spacial score (nSPS) is 21.9. The third-order valence-corrected chi connectivity index (χ3v) is 6.78. The Morgan fingerprint density at radius 3 is 1.48 bits per heavy atom. The molecule has 0 unspecified atom stereocenters. The Balaban J connectivity index is 1.35. The minimum atomic E-state index is -1.52. The summed E-state index contributed by atoms with van der Waals surface area (Å²) in [6.45, 7) is 9.26. The van der Waals surface area contributed by atoms with Crippen LogP contribution in [0.25, 0.3) is 0 Å². The van der Waals surface area contributed by atoms with Gasteiger partial charge in [-0.25, -0.2) is 30.0 Å². The van der Waals surface area contributed by atoms with Gasteiger partial charge in [-0.05, 0) is 18.8 Å². The van der Waals surface area contributed by atoms with Crippen LogP contribution in [0.15, 0.2) is 10.2 Å². The van der Waals surface area contributed by atoms with Crippen LogP contribution in [-0.4, -0.2) is 77.2 Å². The van der Waals surface area contributed by atoms with E-state index in [2.05, 4.69) is 51.4 Å². The fraction of sp³-hybridized carbons (Fsp3) is 0.615. The van der Waals surface area contributed by atoms with Gasteiger partial charge in [0.2, 0.25) is 0 Å². The van der Waals surface area contributed by atoms with Crippen LogP contribution in [0.1, 0.15) is 84.8 Å². The van der Waals surface area contributed by atoms with Crippen molar-refractivity contribution in [3.8, 4) is 0 Å². The van der Waals surface area contributed by atoms with E-state index >= 15 is 0 Å². The SMILES string of the molecule is CCc1nc(NN=C2C(=O)OC(CC)(CCCCC3(CC(C)C)OC(=O)C(=NNc4n[nH]c(CC)n4)C(=O)O3)OC2=O)n[nH]1. The average molecular weight is 617 g/mol. The fourth-order valence-electron chi connectivity index (χ4n) is 4.60. The van der Waals surface area contributed by atoms with Gasteiger partial charge in [0, 0.05) is 38.5 Å². The number of hydrazone groups is 2. The van der Waals surface area contributed by atoms with Gasteiger partial charge >= 0.3 is 23.9 Å². The maximum atomic E-state index is 12.8. The number of esters is 4. The molecule has 2 aliphatic heterocycles. The van der Waals surface area contributed by atoms with E-state index in [-0.39, 0.29) is 43.5 Å². The minimum Gasteiger partial charge on any atom is -0.418 e. The van der Waals surface area contributed by atoms with Gasteiger partial charge in [-0.2, -0.15) is 20.2 Å². The van der Waals surface area contributed by atoms with E-state index in [1.54, 1.807) is 6.92 Å². The largest absolute Gasteiger partial charge is 0.418 e. The number of nitrogens with zero attached hydrogens (tertiary/aromatic N) is 6. The quantitative estimate of drug-likeness (QED) is 0.135. The van der Waals surface area contributed by atoms with Gasteiger partial charge in [0.15, 0.2) is 0 Å². The molecule has 44 heavy (non-hydrogen) atoms. The molecule has 2 aromatic rings. The number of rotatable bonds is 14. The number of aromatic amines is 2. The lowest BCUT2D eigenvalue weighted by molar-refractivity contribution is -0.240. The number of cyclic esters (lactones) is 4. The van der Waals surface area contributed by atoms with Crippen LogP contribution in [0.5, 0.6) is 0 Å². The predicted molar refractivity (Wildman–Crippen MR) is 152 cm³/mol. The zero-order valence-corrected chi connectivity index (χ0v) is 25.2. The summed E-state index contributed by atoms with van der Waals surface area (Å²) in [4.78, 5) is 59.3. The Bertz CT molecular complexity index is 1410. The Labute approximate surface area is 252 Å². The Kier molecular flexibility index (Phi) is 9.90. The van der Waals surface area contributed by atoms with E-state index in [1.807, 2.05) is 27.7 Å². The lowest BCUT2D eigenvalue weighted by Crippen LogP contribution is -2.51. The maximum absolute atomic E-state index is 12.8. The number of unbranched alkanes of at least 4 members (excludes halogenated alkanes) is 1. The van der Waals surface area contributed by atoms with E-state index in [9.17, 15) is 19.2 Å². The smallest absolute Gasteiger partial charge is 0.369 e. The van der Waals surface area contributed by atoms with Crippen LogP contribution in [0, 0.1) is 5.92 Å². The van der Waals surface area contributed by atoms with Crippen LogP contribution < -0.4 is 10.9 Å². The molecule has 0 aliphatic carbocycles. The zero-order valence-electron chi connectivity index (χ0n) is 25.2. The van der Waals surface area contributed by atoms with Crippen molar-refractivity contribution in [2.75, 3.05) is 10.9 Å². The molecule has 18 heteroatoms. The van der Waals surface area contributed by atoms with Crippen molar-refractivity contribution in [1.82, 2.24) is 30.4 Å². The molecule has 0 radical (unpaired) electrons. The van der Waals surface area contributed by atoms with Crippen molar-refractivity contribution in [3.63, 3.8) is 0 Å². The van der Waals surface area contributed by atoms with Gasteiger partial charge in [-0.1, -0.05) is 34.6 Å². The number of ether oxygens (including phenoxy) is 4. The number of aromatic nitrogens is 6. The van der Waals surface area contributed by atoms with Gasteiger partial charge in [0.25, 0.3) is 34.9 Å². The zero-order chi connectivity index (χ0) is 31.9. The first kappa shape index (κ1) is 32.0. The molecule has 238 valence electrons. The molecule has 4 rings (SSSR count). The van der Waals surface area contributed by atoms with E-state index < -0.39 is 46.9 Å². The van der Waals surface area contributed by atoms with Crippen LogP contribution in [0.4, 0.5) is 11.9 Å². The molecule has 0 bridgehead atoms. The van der Waals surface area contributed by atoms with Gasteiger partial charge in [-0.3, -0.25) is 10.2 Å². The summed E-state index contributed by atoms with van der Waals surface area (Å²) in [5, 5.41) is 20.7. The molecule has 2 fully saturated rings. The van der Waals surface area contributed by atoms with Crippen molar-refractivity contribution in [2.24, 2.45) is 16.1 Å². The lowest BCUT2D eigenvalue weighted by Gasteiger charge is -2.38. The second-order valence-electron chi connectivity index (χ2n) is 10.6. The number of hydrogen-bond acceptors (Lipinski definition) is 16. The highest BCUT2D eigenvalue weighted by atomic mass is 16.8. The predicted octanol–water partition coefficient (Wildman–Crippen LogP) is 1.89. The maximum Gasteiger partial charge on any atom is 0.369 e. The summed E-state index contributed by atoms with van der Waals surface area (Å²) in [6, 6.07) is 0. The Morgan fingerprint density at radius 1 is 0.705 bits per heavy atom. The van der Waals surface area contributed by atoms with Crippen molar-refractivity contribution < 1.29 is 38.1 Å². The number of aryl methyl sites for hydroxylation is 2. The molecular formula is C26H36N10O8. The molecule has 0 saturated carbocycles. The molecule has 0 spiro atoms. The molecule has 2 aliphatic rings. The topological polar surface area (TPSA) is 237 Å². The van der Waals surface area contributed by atoms with E-state index in [0.717, 1.165) is 0 Å². The number of carbonyl (C=O) groups is 4. The number of carbonyl (C=O) groups excluding carboxylic acids is 4. The van der Waals surface area contributed by atoms with Crippen molar-refractivity contribution in [3.05, 3.63) is 11.6 Å². The highest BCUT2D eigenvalue weighted by Crippen LogP contribution is 2.35. The molecule has 2 saturated heterocycles. The molecule has 2 aromatic heterocycles. The average Bonchev–Trinajstić information content (AvgIpc) is 3.63. The third-order valence-electron chi connectivity index (χ3n) is 6.78. The molecular weight excluding hydrogens is 580 g/mol. The summed E-state index contributed by atoms with van der Waals surface area (Å²) < 4.78 is 22.3. The van der Waals surface area contributed by atoms with Gasteiger partial charge in [0.05, 0.1) is 0 Å². The van der Waals surface area contributed by atoms with E-state index in [1.165, 1.54) is 0 Å². The van der Waals surface area contributed by atoms with Gasteiger partial charge in [0.1, 0.15) is 11.6 Å². The molecule has 0 amide bonds. The van der Waals surface area contributed by atoms with Gasteiger partial charge in [-0.15, -0.1) is 10.2 Å². The second-order valence-corrected chi connectivity index (χ2v) is 10.6. The van der Waals surface area contributed by atoms with E-state index in [0.29, 0.717) is 37.3 Å². The summed E-state index contributed by atoms with van der Waals surface area (Å²) in [5.74, 6) is -5.48. The standard InChI is InChI=1S/C26H36N10O8/c1-6-15-27-23(33-29-15)35-31-17-19(37)41-25(8-3,42-20(17)38)11-9-10-12-26(13-14(4)5)43-21(39)18(22(40)44-26)32-36-24-28-16(7-2)30-34-24/h14H,6-13H2,1-5H3,(H2,27,29,33,35)(H2,28,30,34,36). The Morgan fingerprint density at radius 2 is 1.11 bits per heavy atom. The summed E-state index contributed by atoms with van der Waals surface area (Å²) in [6.07, 6.45) is 2.69. The van der Waals surface area contributed by atoms with Crippen LogP contribution >= 0.6 is 0 Å². The number of H-pyrrole nitrogens is 2. The molecule has 18 nitrogen and oxygen atoms in total. The van der Waals surface area contributed by atoms with Crippen LogP contribution in [0.2, 0.25) is 0 Å². The van der Waals surface area contributed by atoms with Crippen LogP contribution in [-0.2, 0) is 51.0 Å². The highest BCUT2D eigenvalue weighted by Gasteiger charge is 2.49. The third kappa shape index (κ3) is 7.54. The molecule has 0 atom stereocenters. The number of anilines is 2. The summed E-state index contributed by atoms with van der Waals surface area (Å²) >= 11 is 0. The van der Waals surface area contributed by atoms with Crippen molar-refractivity contribution >= 4 is 47.2 Å². The monoisotopic (exact) mass is 616 g/mol. The first-order valence-corrected chi connectivity index (χ1v) is 14.4. The first-order valence-electron chi connectivity index (χ1n) is 14.4. The minimum absolute atomic E-state index is 0.00622.